The van der Waals surface area contributed by atoms with Gasteiger partial charge in [0.05, 0.1) is 24.5 Å². The number of guanidine groups is 1. The molecule has 1 aromatic carbocycles. The summed E-state index contributed by atoms with van der Waals surface area (Å²) in [4.78, 5) is 8.68. The third kappa shape index (κ3) is 4.01. The summed E-state index contributed by atoms with van der Waals surface area (Å²) < 4.78 is 5.55. The third-order valence-electron chi connectivity index (χ3n) is 3.52. The molecule has 2 heterocycles. The molecule has 3 rings (SSSR count). The van der Waals surface area contributed by atoms with Gasteiger partial charge >= 0.3 is 0 Å². The smallest absolute Gasteiger partial charge is 0.226 e. The maximum atomic E-state index is 5.55. The first-order chi connectivity index (χ1) is 11.7. The SMILES string of the molecule is CN=C(NCc1coc(-c2ccc(C)cc2)n1)NCc1ccn[nH]1. The second kappa shape index (κ2) is 7.45. The lowest BCUT2D eigenvalue weighted by Gasteiger charge is -2.09. The molecule has 0 unspecified atom stereocenters. The number of aromatic nitrogens is 3. The summed E-state index contributed by atoms with van der Waals surface area (Å²) in [5, 5.41) is 13.2. The van der Waals surface area contributed by atoms with Crippen molar-refractivity contribution in [2.45, 2.75) is 20.0 Å². The van der Waals surface area contributed by atoms with Crippen LogP contribution in [0.2, 0.25) is 0 Å². The zero-order valence-electron chi connectivity index (χ0n) is 13.7. The summed E-state index contributed by atoms with van der Waals surface area (Å²) in [5.41, 5.74) is 3.98. The molecule has 0 radical (unpaired) electrons. The molecule has 24 heavy (non-hydrogen) atoms. The highest BCUT2D eigenvalue weighted by molar-refractivity contribution is 5.79. The van der Waals surface area contributed by atoms with Crippen LogP contribution in [0.3, 0.4) is 0 Å². The van der Waals surface area contributed by atoms with Gasteiger partial charge in [-0.2, -0.15) is 5.10 Å². The van der Waals surface area contributed by atoms with Crippen LogP contribution in [0.15, 0.2) is 52.2 Å². The molecule has 0 saturated heterocycles. The number of aromatic amines is 1. The minimum atomic E-state index is 0.526. The minimum absolute atomic E-state index is 0.526. The fourth-order valence-corrected chi connectivity index (χ4v) is 2.17. The molecule has 3 aromatic rings. The number of oxazole rings is 1. The number of benzene rings is 1. The highest BCUT2D eigenvalue weighted by atomic mass is 16.3. The van der Waals surface area contributed by atoms with E-state index in [1.807, 2.05) is 30.3 Å². The number of hydrogen-bond donors (Lipinski definition) is 3. The van der Waals surface area contributed by atoms with Crippen molar-refractivity contribution in [1.29, 1.82) is 0 Å². The standard InChI is InChI=1S/C17H20N6O/c1-12-3-5-13(6-4-12)16-22-15(11-24-16)10-20-17(18-2)19-9-14-7-8-21-23-14/h3-8,11H,9-10H2,1-2H3,(H,21,23)(H2,18,19,20). The van der Waals surface area contributed by atoms with Gasteiger partial charge in [-0.05, 0) is 25.1 Å². The van der Waals surface area contributed by atoms with Gasteiger partial charge in [0.15, 0.2) is 5.96 Å². The lowest BCUT2D eigenvalue weighted by atomic mass is 10.1. The van der Waals surface area contributed by atoms with Crippen LogP contribution in [0.5, 0.6) is 0 Å². The van der Waals surface area contributed by atoms with Crippen LogP contribution in [-0.4, -0.2) is 28.2 Å². The Morgan fingerprint density at radius 3 is 2.67 bits per heavy atom. The summed E-state index contributed by atoms with van der Waals surface area (Å²) >= 11 is 0. The molecule has 7 heteroatoms. The molecular formula is C17H20N6O. The van der Waals surface area contributed by atoms with Gasteiger partial charge in [0.2, 0.25) is 5.89 Å². The highest BCUT2D eigenvalue weighted by Crippen LogP contribution is 2.18. The quantitative estimate of drug-likeness (QED) is 0.494. The number of aryl methyl sites for hydroxylation is 1. The predicted octanol–water partition coefficient (Wildman–Crippen LogP) is 2.24. The molecule has 0 atom stereocenters. The fourth-order valence-electron chi connectivity index (χ4n) is 2.17. The number of nitrogens with zero attached hydrogens (tertiary/aromatic N) is 3. The van der Waals surface area contributed by atoms with Gasteiger partial charge in [-0.1, -0.05) is 17.7 Å². The zero-order valence-corrected chi connectivity index (χ0v) is 13.7. The number of H-pyrrole nitrogens is 1. The summed E-state index contributed by atoms with van der Waals surface area (Å²) in [6, 6.07) is 10.00. The van der Waals surface area contributed by atoms with Gasteiger partial charge in [0, 0.05) is 18.8 Å². The van der Waals surface area contributed by atoms with Crippen LogP contribution < -0.4 is 10.6 Å². The summed E-state index contributed by atoms with van der Waals surface area (Å²) in [7, 11) is 1.73. The van der Waals surface area contributed by atoms with E-state index in [4.69, 9.17) is 4.42 Å². The Balaban J connectivity index is 1.55. The average Bonchev–Trinajstić information content (AvgIpc) is 3.27. The third-order valence-corrected chi connectivity index (χ3v) is 3.52. The van der Waals surface area contributed by atoms with Crippen molar-refractivity contribution in [3.8, 4) is 11.5 Å². The second-order valence-corrected chi connectivity index (χ2v) is 5.37. The molecule has 0 spiro atoms. The van der Waals surface area contributed by atoms with E-state index in [1.54, 1.807) is 19.5 Å². The molecule has 2 aromatic heterocycles. The van der Waals surface area contributed by atoms with Crippen molar-refractivity contribution in [3.05, 3.63) is 59.7 Å². The molecular weight excluding hydrogens is 304 g/mol. The highest BCUT2D eigenvalue weighted by Gasteiger charge is 2.07. The monoisotopic (exact) mass is 324 g/mol. The van der Waals surface area contributed by atoms with Crippen LogP contribution in [0.1, 0.15) is 17.0 Å². The summed E-state index contributed by atoms with van der Waals surface area (Å²) in [5.74, 6) is 1.30. The van der Waals surface area contributed by atoms with Crippen molar-refractivity contribution in [3.63, 3.8) is 0 Å². The molecule has 0 aliphatic rings. The molecule has 7 nitrogen and oxygen atoms in total. The lowest BCUT2D eigenvalue weighted by molar-refractivity contribution is 0.572. The first kappa shape index (κ1) is 15.8. The van der Waals surface area contributed by atoms with Gasteiger partial charge in [-0.3, -0.25) is 10.1 Å². The van der Waals surface area contributed by atoms with Crippen LogP contribution in [0.25, 0.3) is 11.5 Å². The molecule has 0 fully saturated rings. The van der Waals surface area contributed by atoms with Crippen molar-refractivity contribution in [2.75, 3.05) is 7.05 Å². The normalized spacial score (nSPS) is 11.5. The Hall–Kier alpha value is -3.09. The maximum Gasteiger partial charge on any atom is 0.226 e. The van der Waals surface area contributed by atoms with Gasteiger partial charge in [0.25, 0.3) is 0 Å². The molecule has 0 bridgehead atoms. The Bertz CT molecular complexity index is 789. The number of aliphatic imine (C=N–C) groups is 1. The van der Waals surface area contributed by atoms with E-state index in [1.165, 1.54) is 5.56 Å². The van der Waals surface area contributed by atoms with E-state index < -0.39 is 0 Å². The van der Waals surface area contributed by atoms with Crippen LogP contribution in [0, 0.1) is 6.92 Å². The van der Waals surface area contributed by atoms with Gasteiger partial charge in [-0.25, -0.2) is 4.98 Å². The predicted molar refractivity (Wildman–Crippen MR) is 92.3 cm³/mol. The fraction of sp³-hybridized carbons (Fsp3) is 0.235. The molecule has 0 aliphatic carbocycles. The number of nitrogens with one attached hydrogen (secondary N) is 3. The van der Waals surface area contributed by atoms with E-state index in [-0.39, 0.29) is 0 Å². The molecule has 0 saturated carbocycles. The molecule has 3 N–H and O–H groups in total. The van der Waals surface area contributed by atoms with Crippen molar-refractivity contribution < 1.29 is 4.42 Å². The summed E-state index contributed by atoms with van der Waals surface area (Å²) in [6.45, 7) is 3.20. The van der Waals surface area contributed by atoms with Crippen LogP contribution in [-0.2, 0) is 13.1 Å². The number of rotatable bonds is 5. The Morgan fingerprint density at radius 1 is 1.17 bits per heavy atom. The molecule has 124 valence electrons. The Morgan fingerprint density at radius 2 is 1.96 bits per heavy atom. The zero-order chi connectivity index (χ0) is 16.8. The van der Waals surface area contributed by atoms with E-state index in [0.29, 0.717) is 24.9 Å². The second-order valence-electron chi connectivity index (χ2n) is 5.37. The van der Waals surface area contributed by atoms with Crippen molar-refractivity contribution in [2.24, 2.45) is 4.99 Å². The number of hydrogen-bond acceptors (Lipinski definition) is 4. The van der Waals surface area contributed by atoms with E-state index >= 15 is 0 Å². The Labute approximate surface area is 140 Å². The molecule has 0 aliphatic heterocycles. The average molecular weight is 324 g/mol. The lowest BCUT2D eigenvalue weighted by Crippen LogP contribution is -2.36. The van der Waals surface area contributed by atoms with E-state index in [2.05, 4.69) is 37.7 Å². The first-order valence-corrected chi connectivity index (χ1v) is 7.69. The van der Waals surface area contributed by atoms with Gasteiger partial charge in [-0.15, -0.1) is 0 Å². The minimum Gasteiger partial charge on any atom is -0.444 e. The van der Waals surface area contributed by atoms with E-state index in [9.17, 15) is 0 Å². The van der Waals surface area contributed by atoms with Gasteiger partial charge in [0.1, 0.15) is 6.26 Å². The van der Waals surface area contributed by atoms with Crippen molar-refractivity contribution in [1.82, 2.24) is 25.8 Å². The largest absolute Gasteiger partial charge is 0.444 e. The first-order valence-electron chi connectivity index (χ1n) is 7.69. The molecule has 0 amide bonds. The van der Waals surface area contributed by atoms with Crippen LogP contribution in [0.4, 0.5) is 0 Å². The van der Waals surface area contributed by atoms with Crippen LogP contribution >= 0.6 is 0 Å². The van der Waals surface area contributed by atoms with Crippen molar-refractivity contribution >= 4 is 5.96 Å². The summed E-state index contributed by atoms with van der Waals surface area (Å²) in [6.07, 6.45) is 3.37. The Kier molecular flexibility index (Phi) is 4.90. The van der Waals surface area contributed by atoms with E-state index in [0.717, 1.165) is 17.0 Å². The maximum absolute atomic E-state index is 5.55. The topological polar surface area (TPSA) is 91.1 Å². The van der Waals surface area contributed by atoms with Gasteiger partial charge < -0.3 is 15.1 Å².